The molecule has 38 heavy (non-hydrogen) atoms. The van der Waals surface area contributed by atoms with Crippen molar-refractivity contribution in [2.45, 2.75) is 19.4 Å². The van der Waals surface area contributed by atoms with Crippen LogP contribution in [0, 0.1) is 0 Å². The summed E-state index contributed by atoms with van der Waals surface area (Å²) in [5, 5.41) is 7.41. The molecule has 5 nitrogen and oxygen atoms in total. The van der Waals surface area contributed by atoms with Crippen LogP contribution in [0.15, 0.2) is 103 Å². The van der Waals surface area contributed by atoms with Gasteiger partial charge in [-0.2, -0.15) is 0 Å². The maximum absolute atomic E-state index is 13.5. The minimum absolute atomic E-state index is 0.345. The predicted molar refractivity (Wildman–Crippen MR) is 155 cm³/mol. The number of para-hydroxylation sites is 1. The summed E-state index contributed by atoms with van der Waals surface area (Å²) in [4.78, 5) is 31.6. The molecule has 1 unspecified atom stereocenters. The molecule has 6 heteroatoms. The highest BCUT2D eigenvalue weighted by molar-refractivity contribution is 7.21. The van der Waals surface area contributed by atoms with E-state index in [1.165, 1.54) is 0 Å². The Kier molecular flexibility index (Phi) is 6.32. The number of carbonyl (C=O) groups excluding carboxylic acids is 2. The second kappa shape index (κ2) is 10.1. The van der Waals surface area contributed by atoms with Crippen molar-refractivity contribution in [3.05, 3.63) is 109 Å². The van der Waals surface area contributed by atoms with Crippen LogP contribution in [0.5, 0.6) is 0 Å². The molecule has 0 saturated heterocycles. The summed E-state index contributed by atoms with van der Waals surface area (Å²) in [6.07, 6.45) is -0.594. The van der Waals surface area contributed by atoms with Crippen LogP contribution in [0.3, 0.4) is 0 Å². The molecule has 0 aliphatic rings. The first-order valence-corrected chi connectivity index (χ1v) is 13.3. The van der Waals surface area contributed by atoms with Crippen LogP contribution in [0.2, 0.25) is 0 Å². The average molecular weight is 517 g/mol. The highest BCUT2D eigenvalue weighted by Crippen LogP contribution is 2.36. The van der Waals surface area contributed by atoms with Gasteiger partial charge in [0.25, 0.3) is 5.91 Å². The van der Waals surface area contributed by atoms with Crippen LogP contribution in [-0.4, -0.2) is 23.0 Å². The molecule has 186 valence electrons. The van der Waals surface area contributed by atoms with E-state index in [9.17, 15) is 9.59 Å². The fraction of sp³-hybridized carbons (Fsp3) is 0.0938. The Morgan fingerprint density at radius 3 is 2.39 bits per heavy atom. The summed E-state index contributed by atoms with van der Waals surface area (Å²) >= 11 is 1.58. The van der Waals surface area contributed by atoms with E-state index in [1.807, 2.05) is 104 Å². The van der Waals surface area contributed by atoms with Crippen molar-refractivity contribution in [2.24, 2.45) is 0 Å². The van der Waals surface area contributed by atoms with Gasteiger partial charge in [-0.1, -0.05) is 85.8 Å². The van der Waals surface area contributed by atoms with E-state index in [2.05, 4.69) is 5.32 Å². The van der Waals surface area contributed by atoms with Gasteiger partial charge in [-0.3, -0.25) is 4.79 Å². The van der Waals surface area contributed by atoms with Gasteiger partial charge in [0.2, 0.25) is 0 Å². The second-order valence-corrected chi connectivity index (χ2v) is 10.0. The van der Waals surface area contributed by atoms with Crippen molar-refractivity contribution in [1.82, 2.24) is 4.98 Å². The Hall–Kier alpha value is -4.55. The Labute approximate surface area is 223 Å². The van der Waals surface area contributed by atoms with Gasteiger partial charge in [-0.05, 0) is 41.5 Å². The quantitative estimate of drug-likeness (QED) is 0.229. The monoisotopic (exact) mass is 516 g/mol. The molecular weight excluding hydrogens is 492 g/mol. The molecule has 1 heterocycles. The molecule has 6 rings (SSSR count). The molecular formula is C32H24N2O3S. The maximum atomic E-state index is 13.5. The van der Waals surface area contributed by atoms with Crippen LogP contribution in [-0.2, 0) is 9.53 Å². The molecule has 0 spiro atoms. The molecule has 0 aliphatic carbocycles. The summed E-state index contributed by atoms with van der Waals surface area (Å²) in [5.74, 6) is -0.895. The molecule has 1 aromatic heterocycles. The van der Waals surface area contributed by atoms with Gasteiger partial charge in [-0.15, -0.1) is 11.3 Å². The van der Waals surface area contributed by atoms with E-state index >= 15 is 0 Å². The van der Waals surface area contributed by atoms with Gasteiger partial charge in [0.15, 0.2) is 6.10 Å². The van der Waals surface area contributed by atoms with Gasteiger partial charge in [-0.25, -0.2) is 9.78 Å². The lowest BCUT2D eigenvalue weighted by Gasteiger charge is -2.18. The van der Waals surface area contributed by atoms with Gasteiger partial charge >= 0.3 is 5.97 Å². The van der Waals surface area contributed by atoms with Crippen LogP contribution in [0.1, 0.15) is 23.7 Å². The van der Waals surface area contributed by atoms with E-state index in [1.54, 1.807) is 17.4 Å². The second-order valence-electron chi connectivity index (χ2n) is 9.01. The highest BCUT2D eigenvalue weighted by Gasteiger charge is 2.25. The van der Waals surface area contributed by atoms with E-state index in [0.717, 1.165) is 42.3 Å². The number of thiazole rings is 1. The summed E-state index contributed by atoms with van der Waals surface area (Å²) < 4.78 is 6.90. The van der Waals surface area contributed by atoms with Crippen LogP contribution in [0.4, 0.5) is 5.69 Å². The zero-order chi connectivity index (χ0) is 26.1. The van der Waals surface area contributed by atoms with Gasteiger partial charge in [0, 0.05) is 22.0 Å². The maximum Gasteiger partial charge on any atom is 0.339 e. The number of hydrogen-bond donors (Lipinski definition) is 1. The lowest BCUT2D eigenvalue weighted by atomic mass is 9.99. The number of nitrogens with zero attached hydrogens (tertiary/aromatic N) is 1. The lowest BCUT2D eigenvalue weighted by Crippen LogP contribution is -2.32. The van der Waals surface area contributed by atoms with Crippen LogP contribution in [0.25, 0.3) is 42.3 Å². The van der Waals surface area contributed by atoms with Crippen molar-refractivity contribution < 1.29 is 14.3 Å². The topological polar surface area (TPSA) is 68.3 Å². The van der Waals surface area contributed by atoms with Crippen molar-refractivity contribution in [2.75, 3.05) is 5.32 Å². The third-order valence-electron chi connectivity index (χ3n) is 6.61. The highest BCUT2D eigenvalue weighted by atomic mass is 32.1. The van der Waals surface area contributed by atoms with Crippen molar-refractivity contribution in [3.63, 3.8) is 0 Å². The number of nitrogens with one attached hydrogen (secondary N) is 1. The minimum atomic E-state index is -0.939. The molecule has 1 amide bonds. The van der Waals surface area contributed by atoms with E-state index in [-0.39, 0.29) is 5.91 Å². The molecule has 1 N–H and O–H groups in total. The predicted octanol–water partition coefficient (Wildman–Crippen LogP) is 7.84. The van der Waals surface area contributed by atoms with Crippen molar-refractivity contribution in [1.29, 1.82) is 0 Å². The smallest absolute Gasteiger partial charge is 0.339 e. The number of amides is 1. The van der Waals surface area contributed by atoms with E-state index in [0.29, 0.717) is 17.7 Å². The Bertz CT molecular complexity index is 1780. The molecule has 0 aliphatic heterocycles. The fourth-order valence-electron chi connectivity index (χ4n) is 4.74. The van der Waals surface area contributed by atoms with E-state index < -0.39 is 12.1 Å². The first kappa shape index (κ1) is 23.8. The van der Waals surface area contributed by atoms with Crippen LogP contribution >= 0.6 is 11.3 Å². The summed E-state index contributed by atoms with van der Waals surface area (Å²) in [7, 11) is 0. The molecule has 0 saturated carbocycles. The number of carbonyl (C=O) groups is 2. The standard InChI is InChI=1S/C32H24N2O3S/c1-2-27(30(35)33-25-18-9-11-20-10-3-4-14-22(20)25)37-32(36)24-16-8-13-21-12-7-15-23(29(21)24)31-34-26-17-5-6-19-28(26)38-31/h3-19,27H,2H2,1H3,(H,33,35). The van der Waals surface area contributed by atoms with Gasteiger partial charge in [0.1, 0.15) is 5.01 Å². The number of hydrogen-bond acceptors (Lipinski definition) is 5. The largest absolute Gasteiger partial charge is 0.449 e. The van der Waals surface area contributed by atoms with Gasteiger partial charge in [0.05, 0.1) is 15.8 Å². The number of benzene rings is 5. The van der Waals surface area contributed by atoms with Gasteiger partial charge < -0.3 is 10.1 Å². The summed E-state index contributed by atoms with van der Waals surface area (Å²) in [5.41, 5.74) is 2.88. The molecule has 6 aromatic rings. The Morgan fingerprint density at radius 1 is 0.842 bits per heavy atom. The third-order valence-corrected chi connectivity index (χ3v) is 7.68. The zero-order valence-corrected chi connectivity index (χ0v) is 21.5. The third kappa shape index (κ3) is 4.40. The average Bonchev–Trinajstić information content (AvgIpc) is 3.39. The van der Waals surface area contributed by atoms with Crippen molar-refractivity contribution >= 4 is 60.7 Å². The first-order valence-electron chi connectivity index (χ1n) is 12.5. The SMILES string of the molecule is CCC(OC(=O)c1cccc2cccc(-c3nc4ccccc4s3)c12)C(=O)Nc1cccc2ccccc12. The van der Waals surface area contributed by atoms with Crippen LogP contribution < -0.4 is 5.32 Å². The Balaban J connectivity index is 1.32. The number of anilines is 1. The van der Waals surface area contributed by atoms with Crippen molar-refractivity contribution in [3.8, 4) is 10.6 Å². The normalized spacial score (nSPS) is 12.0. The minimum Gasteiger partial charge on any atom is -0.449 e. The molecule has 0 bridgehead atoms. The number of fused-ring (bicyclic) bond motifs is 3. The van der Waals surface area contributed by atoms with E-state index in [4.69, 9.17) is 9.72 Å². The molecule has 0 radical (unpaired) electrons. The Morgan fingerprint density at radius 2 is 1.55 bits per heavy atom. The molecule has 0 fully saturated rings. The number of esters is 1. The summed E-state index contributed by atoms with van der Waals surface area (Å²) in [6.45, 7) is 1.83. The number of aromatic nitrogens is 1. The number of ether oxygens (including phenoxy) is 1. The number of rotatable bonds is 6. The summed E-state index contributed by atoms with van der Waals surface area (Å²) in [6, 6.07) is 33.0. The molecule has 1 atom stereocenters. The first-order chi connectivity index (χ1) is 18.6. The lowest BCUT2D eigenvalue weighted by molar-refractivity contribution is -0.124. The fourth-order valence-corrected chi connectivity index (χ4v) is 5.74. The zero-order valence-electron chi connectivity index (χ0n) is 20.7. The molecule has 5 aromatic carbocycles.